The van der Waals surface area contributed by atoms with Gasteiger partial charge >= 0.3 is 0 Å². The molecular weight excluding hydrogens is 300 g/mol. The van der Waals surface area contributed by atoms with Gasteiger partial charge in [0.05, 0.1) is 0 Å². The lowest BCUT2D eigenvalue weighted by Crippen LogP contribution is -2.49. The Labute approximate surface area is 159 Å². The van der Waals surface area contributed by atoms with Gasteiger partial charge < -0.3 is 0 Å². The Morgan fingerprint density at radius 2 is 1.04 bits per heavy atom. The Morgan fingerprint density at radius 1 is 0.680 bits per heavy atom. The topological polar surface area (TPSA) is 0 Å². The highest BCUT2D eigenvalue weighted by Crippen LogP contribution is 2.59. The SMILES string of the molecule is CCC(CC)(C1CC(C)CCC1C(C)C)C1CC(C)CCC1C(C)C. The zero-order chi connectivity index (χ0) is 18.8. The van der Waals surface area contributed by atoms with Gasteiger partial charge in [-0.05, 0) is 91.3 Å². The molecule has 0 spiro atoms. The Morgan fingerprint density at radius 3 is 1.32 bits per heavy atom. The van der Waals surface area contributed by atoms with E-state index in [2.05, 4.69) is 55.4 Å². The van der Waals surface area contributed by atoms with Gasteiger partial charge in [-0.2, -0.15) is 0 Å². The van der Waals surface area contributed by atoms with Crippen LogP contribution in [-0.4, -0.2) is 0 Å². The summed E-state index contributed by atoms with van der Waals surface area (Å²) in [5.41, 5.74) is 0.591. The third-order valence-corrected chi connectivity index (χ3v) is 8.84. The second-order valence-electron chi connectivity index (χ2n) is 10.8. The summed E-state index contributed by atoms with van der Waals surface area (Å²) in [6.45, 7) is 20.2. The summed E-state index contributed by atoms with van der Waals surface area (Å²) >= 11 is 0. The summed E-state index contributed by atoms with van der Waals surface area (Å²) < 4.78 is 0. The quantitative estimate of drug-likeness (QED) is 0.453. The monoisotopic (exact) mass is 348 g/mol. The third kappa shape index (κ3) is 4.30. The Balaban J connectivity index is 2.43. The first-order chi connectivity index (χ1) is 11.8. The maximum atomic E-state index is 2.54. The summed E-state index contributed by atoms with van der Waals surface area (Å²) in [6, 6.07) is 0. The van der Waals surface area contributed by atoms with Crippen LogP contribution in [0.1, 0.15) is 107 Å². The van der Waals surface area contributed by atoms with E-state index in [0.717, 1.165) is 47.3 Å². The highest BCUT2D eigenvalue weighted by atomic mass is 14.6. The van der Waals surface area contributed by atoms with Gasteiger partial charge in [-0.15, -0.1) is 0 Å². The van der Waals surface area contributed by atoms with Crippen LogP contribution in [0.3, 0.4) is 0 Å². The Bertz CT molecular complexity index is 355. The van der Waals surface area contributed by atoms with E-state index < -0.39 is 0 Å². The zero-order valence-electron chi connectivity index (χ0n) is 18.8. The van der Waals surface area contributed by atoms with Gasteiger partial charge in [0, 0.05) is 0 Å². The molecule has 25 heavy (non-hydrogen) atoms. The van der Waals surface area contributed by atoms with Gasteiger partial charge in [0.1, 0.15) is 0 Å². The van der Waals surface area contributed by atoms with Crippen molar-refractivity contribution in [1.29, 1.82) is 0 Å². The van der Waals surface area contributed by atoms with Crippen molar-refractivity contribution in [3.63, 3.8) is 0 Å². The molecular formula is C25H48. The van der Waals surface area contributed by atoms with E-state index in [1.54, 1.807) is 0 Å². The van der Waals surface area contributed by atoms with E-state index in [-0.39, 0.29) is 0 Å². The minimum atomic E-state index is 0.591. The van der Waals surface area contributed by atoms with Gasteiger partial charge in [-0.1, -0.05) is 68.2 Å². The van der Waals surface area contributed by atoms with Crippen molar-refractivity contribution in [2.45, 2.75) is 107 Å². The van der Waals surface area contributed by atoms with Gasteiger partial charge in [0.25, 0.3) is 0 Å². The van der Waals surface area contributed by atoms with Crippen LogP contribution in [0.2, 0.25) is 0 Å². The van der Waals surface area contributed by atoms with Gasteiger partial charge in [0.2, 0.25) is 0 Å². The molecule has 0 radical (unpaired) electrons. The van der Waals surface area contributed by atoms with Crippen molar-refractivity contribution < 1.29 is 0 Å². The first-order valence-corrected chi connectivity index (χ1v) is 11.8. The van der Waals surface area contributed by atoms with Crippen molar-refractivity contribution in [2.75, 3.05) is 0 Å². The van der Waals surface area contributed by atoms with E-state index in [1.165, 1.54) is 51.4 Å². The molecule has 0 aromatic carbocycles. The predicted octanol–water partition coefficient (Wildman–Crippen LogP) is 8.21. The van der Waals surface area contributed by atoms with Crippen molar-refractivity contribution in [2.24, 2.45) is 52.8 Å². The van der Waals surface area contributed by atoms with Crippen LogP contribution in [0.5, 0.6) is 0 Å². The molecule has 0 heteroatoms. The predicted molar refractivity (Wildman–Crippen MR) is 113 cm³/mol. The van der Waals surface area contributed by atoms with E-state index in [4.69, 9.17) is 0 Å². The first-order valence-electron chi connectivity index (χ1n) is 11.8. The standard InChI is InChI=1S/C25H48/c1-9-25(10-2,23-15-19(7)11-13-21(23)17(3)4)24-16-20(8)12-14-22(24)18(5)6/h17-24H,9-16H2,1-8H3. The van der Waals surface area contributed by atoms with Crippen molar-refractivity contribution in [3.8, 4) is 0 Å². The summed E-state index contributed by atoms with van der Waals surface area (Å²) in [4.78, 5) is 0. The molecule has 0 bridgehead atoms. The maximum Gasteiger partial charge on any atom is -0.0240 e. The molecule has 0 aliphatic heterocycles. The molecule has 0 aromatic rings. The lowest BCUT2D eigenvalue weighted by Gasteiger charge is -2.57. The van der Waals surface area contributed by atoms with Gasteiger partial charge in [-0.3, -0.25) is 0 Å². The average Bonchev–Trinajstić information content (AvgIpc) is 2.56. The highest BCUT2D eigenvalue weighted by molar-refractivity contribution is 5.00. The van der Waals surface area contributed by atoms with E-state index in [9.17, 15) is 0 Å². The molecule has 2 aliphatic rings. The van der Waals surface area contributed by atoms with Crippen LogP contribution in [0, 0.1) is 52.8 Å². The second kappa shape index (κ2) is 8.79. The molecule has 0 aromatic heterocycles. The lowest BCUT2D eigenvalue weighted by molar-refractivity contribution is -0.0784. The molecule has 6 atom stereocenters. The van der Waals surface area contributed by atoms with Crippen LogP contribution in [-0.2, 0) is 0 Å². The summed E-state index contributed by atoms with van der Waals surface area (Å²) in [5, 5.41) is 0. The molecule has 0 nitrogen and oxygen atoms in total. The third-order valence-electron chi connectivity index (χ3n) is 8.84. The largest absolute Gasteiger partial charge is 0.0648 e. The van der Waals surface area contributed by atoms with Crippen molar-refractivity contribution in [1.82, 2.24) is 0 Å². The lowest BCUT2D eigenvalue weighted by atomic mass is 9.48. The molecule has 0 heterocycles. The summed E-state index contributed by atoms with van der Waals surface area (Å²) in [5.74, 6) is 7.43. The number of rotatable bonds is 6. The van der Waals surface area contributed by atoms with E-state index >= 15 is 0 Å². The first kappa shape index (κ1) is 21.3. The van der Waals surface area contributed by atoms with Crippen molar-refractivity contribution in [3.05, 3.63) is 0 Å². The maximum absolute atomic E-state index is 2.54. The fourth-order valence-electron chi connectivity index (χ4n) is 7.30. The van der Waals surface area contributed by atoms with E-state index in [1.807, 2.05) is 0 Å². The number of hydrogen-bond acceptors (Lipinski definition) is 0. The molecule has 0 amide bonds. The minimum absolute atomic E-state index is 0.591. The average molecular weight is 349 g/mol. The fourth-order valence-corrected chi connectivity index (χ4v) is 7.30. The zero-order valence-corrected chi connectivity index (χ0v) is 18.8. The van der Waals surface area contributed by atoms with Crippen molar-refractivity contribution >= 4 is 0 Å². The molecule has 148 valence electrons. The highest BCUT2D eigenvalue weighted by Gasteiger charge is 2.51. The van der Waals surface area contributed by atoms with Crippen LogP contribution in [0.25, 0.3) is 0 Å². The molecule has 2 aliphatic carbocycles. The van der Waals surface area contributed by atoms with Crippen LogP contribution < -0.4 is 0 Å². The second-order valence-corrected chi connectivity index (χ2v) is 10.8. The summed E-state index contributed by atoms with van der Waals surface area (Å²) in [6.07, 6.45) is 11.7. The fraction of sp³-hybridized carbons (Fsp3) is 1.00. The van der Waals surface area contributed by atoms with Crippen LogP contribution >= 0.6 is 0 Å². The van der Waals surface area contributed by atoms with E-state index in [0.29, 0.717) is 5.41 Å². The Hall–Kier alpha value is 0. The summed E-state index contributed by atoms with van der Waals surface area (Å²) in [7, 11) is 0. The van der Waals surface area contributed by atoms with Gasteiger partial charge in [0.15, 0.2) is 0 Å². The van der Waals surface area contributed by atoms with Crippen LogP contribution in [0.4, 0.5) is 0 Å². The molecule has 6 unspecified atom stereocenters. The normalized spacial score (nSPS) is 37.7. The Kier molecular flexibility index (Phi) is 7.49. The van der Waals surface area contributed by atoms with Gasteiger partial charge in [-0.25, -0.2) is 0 Å². The smallest absolute Gasteiger partial charge is 0.0240 e. The number of hydrogen-bond donors (Lipinski definition) is 0. The molecule has 2 fully saturated rings. The molecule has 0 N–H and O–H groups in total. The molecule has 0 saturated heterocycles. The van der Waals surface area contributed by atoms with Crippen LogP contribution in [0.15, 0.2) is 0 Å². The minimum Gasteiger partial charge on any atom is -0.0648 e. The molecule has 2 saturated carbocycles. The molecule has 2 rings (SSSR count).